The van der Waals surface area contributed by atoms with Gasteiger partial charge in [0.05, 0.1) is 22.1 Å². The Bertz CT molecular complexity index is 853. The first-order chi connectivity index (χ1) is 11.4. The fourth-order valence-electron chi connectivity index (χ4n) is 1.83. The Hall–Kier alpha value is -3.40. The Kier molecular flexibility index (Phi) is 5.12. The second-order valence-corrected chi connectivity index (χ2v) is 5.02. The van der Waals surface area contributed by atoms with Gasteiger partial charge in [-0.2, -0.15) is 5.10 Å². The van der Waals surface area contributed by atoms with Crippen LogP contribution in [0, 0.1) is 20.2 Å². The minimum atomic E-state index is -0.724. The number of thiocarbonyl (C=S) groups is 1. The summed E-state index contributed by atoms with van der Waals surface area (Å²) in [5.41, 5.74) is 8.59. The molecule has 0 aromatic heterocycles. The summed E-state index contributed by atoms with van der Waals surface area (Å²) in [4.78, 5) is 20.5. The number of non-ortho nitro benzene ring substituents is 1. The Morgan fingerprint density at radius 2 is 1.92 bits per heavy atom. The van der Waals surface area contributed by atoms with Crippen molar-refractivity contribution >= 4 is 40.5 Å². The quantitative estimate of drug-likeness (QED) is 0.355. The molecule has 0 atom stereocenters. The fraction of sp³-hybridized carbons (Fsp3) is 0. The normalized spacial score (nSPS) is 10.5. The molecule has 9 nitrogen and oxygen atoms in total. The number of nitrogens with zero attached hydrogens (tertiary/aromatic N) is 3. The van der Waals surface area contributed by atoms with Crippen LogP contribution in [0.3, 0.4) is 0 Å². The molecule has 2 rings (SSSR count). The molecule has 0 aliphatic carbocycles. The SMILES string of the molecule is NC(=S)c1cccc(C=NNc2ccc([N+](=O)[O-])cc2[N+](=O)[O-])c1. The third-order valence-electron chi connectivity index (χ3n) is 2.96. The molecule has 0 saturated carbocycles. The Morgan fingerprint density at radius 1 is 1.17 bits per heavy atom. The second kappa shape index (κ2) is 7.24. The third kappa shape index (κ3) is 4.08. The van der Waals surface area contributed by atoms with E-state index in [-0.39, 0.29) is 16.4 Å². The van der Waals surface area contributed by atoms with E-state index < -0.39 is 15.5 Å². The van der Waals surface area contributed by atoms with Crippen LogP contribution in [0.15, 0.2) is 47.6 Å². The highest BCUT2D eigenvalue weighted by molar-refractivity contribution is 7.80. The second-order valence-electron chi connectivity index (χ2n) is 4.58. The smallest absolute Gasteiger partial charge is 0.301 e. The van der Waals surface area contributed by atoms with Gasteiger partial charge in [0.1, 0.15) is 10.7 Å². The monoisotopic (exact) mass is 345 g/mol. The molecular weight excluding hydrogens is 334 g/mol. The van der Waals surface area contributed by atoms with Gasteiger partial charge in [0.2, 0.25) is 0 Å². The predicted octanol–water partition coefficient (Wildman–Crippen LogP) is 2.58. The van der Waals surface area contributed by atoms with E-state index in [9.17, 15) is 20.2 Å². The van der Waals surface area contributed by atoms with Gasteiger partial charge in [-0.1, -0.05) is 30.4 Å². The summed E-state index contributed by atoms with van der Waals surface area (Å²) >= 11 is 4.88. The molecule has 3 N–H and O–H groups in total. The fourth-order valence-corrected chi connectivity index (χ4v) is 1.95. The lowest BCUT2D eigenvalue weighted by atomic mass is 10.1. The molecule has 0 radical (unpaired) electrons. The van der Waals surface area contributed by atoms with Crippen LogP contribution in [0.1, 0.15) is 11.1 Å². The van der Waals surface area contributed by atoms with Gasteiger partial charge in [0.15, 0.2) is 0 Å². The molecule has 0 saturated heterocycles. The van der Waals surface area contributed by atoms with Crippen LogP contribution >= 0.6 is 12.2 Å². The van der Waals surface area contributed by atoms with E-state index in [1.807, 2.05) is 0 Å². The summed E-state index contributed by atoms with van der Waals surface area (Å²) in [5, 5.41) is 25.6. The molecule has 10 heteroatoms. The van der Waals surface area contributed by atoms with E-state index in [0.717, 1.165) is 12.1 Å². The van der Waals surface area contributed by atoms with Crippen LogP contribution < -0.4 is 11.2 Å². The van der Waals surface area contributed by atoms with E-state index in [0.29, 0.717) is 11.1 Å². The summed E-state index contributed by atoms with van der Waals surface area (Å²) in [5.74, 6) is 0. The number of hydrogen-bond acceptors (Lipinski definition) is 7. The van der Waals surface area contributed by atoms with Gasteiger partial charge in [-0.05, 0) is 17.7 Å². The Balaban J connectivity index is 2.22. The van der Waals surface area contributed by atoms with Crippen molar-refractivity contribution in [2.75, 3.05) is 5.43 Å². The van der Waals surface area contributed by atoms with Crippen LogP contribution in [-0.4, -0.2) is 21.0 Å². The first-order valence-corrected chi connectivity index (χ1v) is 6.91. The topological polar surface area (TPSA) is 137 Å². The van der Waals surface area contributed by atoms with Crippen molar-refractivity contribution in [3.8, 4) is 0 Å². The van der Waals surface area contributed by atoms with Crippen molar-refractivity contribution in [2.24, 2.45) is 10.8 Å². The first-order valence-electron chi connectivity index (χ1n) is 6.50. The maximum Gasteiger partial charge on any atom is 0.301 e. The summed E-state index contributed by atoms with van der Waals surface area (Å²) in [6.45, 7) is 0. The van der Waals surface area contributed by atoms with Gasteiger partial charge in [0.25, 0.3) is 5.69 Å². The van der Waals surface area contributed by atoms with Crippen molar-refractivity contribution in [1.29, 1.82) is 0 Å². The van der Waals surface area contributed by atoms with Gasteiger partial charge >= 0.3 is 5.69 Å². The van der Waals surface area contributed by atoms with Crippen molar-refractivity contribution in [3.63, 3.8) is 0 Å². The molecule has 0 aliphatic rings. The number of nitro groups is 2. The Morgan fingerprint density at radius 3 is 2.54 bits per heavy atom. The van der Waals surface area contributed by atoms with Gasteiger partial charge < -0.3 is 5.73 Å². The number of nitro benzene ring substituents is 2. The van der Waals surface area contributed by atoms with Crippen molar-refractivity contribution < 1.29 is 9.85 Å². The van der Waals surface area contributed by atoms with Gasteiger partial charge in [-0.15, -0.1) is 0 Å². The van der Waals surface area contributed by atoms with Crippen molar-refractivity contribution in [2.45, 2.75) is 0 Å². The van der Waals surface area contributed by atoms with Crippen LogP contribution in [0.25, 0.3) is 0 Å². The number of rotatable bonds is 6. The maximum atomic E-state index is 11.0. The number of hydrazone groups is 1. The third-order valence-corrected chi connectivity index (χ3v) is 3.19. The first kappa shape index (κ1) is 17.0. The molecule has 24 heavy (non-hydrogen) atoms. The van der Waals surface area contributed by atoms with Gasteiger partial charge in [0, 0.05) is 11.6 Å². The molecule has 122 valence electrons. The molecule has 0 unspecified atom stereocenters. The van der Waals surface area contributed by atoms with E-state index in [2.05, 4.69) is 10.5 Å². The molecular formula is C14H11N5O4S. The molecule has 2 aromatic rings. The predicted molar refractivity (Wildman–Crippen MR) is 93.3 cm³/mol. The largest absolute Gasteiger partial charge is 0.389 e. The van der Waals surface area contributed by atoms with Crippen molar-refractivity contribution in [1.82, 2.24) is 0 Å². The number of nitrogens with two attached hydrogens (primary N) is 1. The highest BCUT2D eigenvalue weighted by atomic mass is 32.1. The van der Waals surface area contributed by atoms with Crippen LogP contribution in [0.4, 0.5) is 17.1 Å². The zero-order valence-electron chi connectivity index (χ0n) is 12.1. The summed E-state index contributed by atoms with van der Waals surface area (Å²) < 4.78 is 0. The molecule has 0 aliphatic heterocycles. The molecule has 2 aromatic carbocycles. The number of nitrogens with one attached hydrogen (secondary N) is 1. The van der Waals surface area contributed by atoms with E-state index in [1.165, 1.54) is 12.3 Å². The number of hydrogen-bond donors (Lipinski definition) is 2. The molecule has 0 bridgehead atoms. The lowest BCUT2D eigenvalue weighted by molar-refractivity contribution is -0.393. The lowest BCUT2D eigenvalue weighted by Gasteiger charge is -2.02. The van der Waals surface area contributed by atoms with E-state index in [1.54, 1.807) is 24.3 Å². The van der Waals surface area contributed by atoms with Crippen molar-refractivity contribution in [3.05, 3.63) is 73.8 Å². The highest BCUT2D eigenvalue weighted by Crippen LogP contribution is 2.28. The zero-order chi connectivity index (χ0) is 17.7. The average molecular weight is 345 g/mol. The van der Waals surface area contributed by atoms with Crippen LogP contribution in [0.5, 0.6) is 0 Å². The number of anilines is 1. The standard InChI is InChI=1S/C14H11N5O4S/c15-14(24)10-3-1-2-9(6-10)8-16-17-12-5-4-11(18(20)21)7-13(12)19(22)23/h1-8,17H,(H2,15,24). The van der Waals surface area contributed by atoms with E-state index >= 15 is 0 Å². The maximum absolute atomic E-state index is 11.0. The lowest BCUT2D eigenvalue weighted by Crippen LogP contribution is -2.09. The zero-order valence-corrected chi connectivity index (χ0v) is 12.9. The van der Waals surface area contributed by atoms with Gasteiger partial charge in [-0.25, -0.2) is 0 Å². The molecule has 0 heterocycles. The summed E-state index contributed by atoms with van der Waals surface area (Å²) in [7, 11) is 0. The minimum Gasteiger partial charge on any atom is -0.389 e. The molecule has 0 amide bonds. The summed E-state index contributed by atoms with van der Waals surface area (Å²) in [6.07, 6.45) is 1.42. The highest BCUT2D eigenvalue weighted by Gasteiger charge is 2.18. The van der Waals surface area contributed by atoms with Gasteiger partial charge in [-0.3, -0.25) is 25.7 Å². The van der Waals surface area contributed by atoms with Crippen LogP contribution in [-0.2, 0) is 0 Å². The van der Waals surface area contributed by atoms with E-state index in [4.69, 9.17) is 18.0 Å². The Labute approximate surface area is 141 Å². The molecule has 0 spiro atoms. The minimum absolute atomic E-state index is 0.0346. The average Bonchev–Trinajstić information content (AvgIpc) is 2.55. The number of benzene rings is 2. The molecule has 0 fully saturated rings. The van der Waals surface area contributed by atoms with Crippen LogP contribution in [0.2, 0.25) is 0 Å². The summed E-state index contributed by atoms with van der Waals surface area (Å²) in [6, 6.07) is 10.2.